The Bertz CT molecular complexity index is 1300. The van der Waals surface area contributed by atoms with Gasteiger partial charge in [0.1, 0.15) is 30.8 Å². The van der Waals surface area contributed by atoms with Crippen molar-refractivity contribution in [3.8, 4) is 23.3 Å². The molecular weight excluding hydrogens is 497 g/mol. The summed E-state index contributed by atoms with van der Waals surface area (Å²) in [6.07, 6.45) is 2.89. The minimum absolute atomic E-state index is 0.0146. The smallest absolute Gasteiger partial charge is 0.349 e. The second kappa shape index (κ2) is 11.8. The number of hydroxylamine groups is 2. The molecule has 4 rings (SSSR count). The number of hydrogen-bond acceptors (Lipinski definition) is 9. The van der Waals surface area contributed by atoms with Crippen LogP contribution in [0.15, 0.2) is 30.4 Å². The number of halogens is 1. The van der Waals surface area contributed by atoms with Crippen LogP contribution >= 0.6 is 0 Å². The molecule has 0 radical (unpaired) electrons. The maximum absolute atomic E-state index is 14.4. The molecule has 2 aromatic carbocycles. The van der Waals surface area contributed by atoms with Gasteiger partial charge in [0.15, 0.2) is 11.6 Å². The highest BCUT2D eigenvalue weighted by Crippen LogP contribution is 2.40. The summed E-state index contributed by atoms with van der Waals surface area (Å²) in [4.78, 5) is 30.0. The summed E-state index contributed by atoms with van der Waals surface area (Å²) in [6.45, 7) is 4.77. The molecule has 1 N–H and O–H groups in total. The van der Waals surface area contributed by atoms with Crippen molar-refractivity contribution in [1.82, 2.24) is 5.06 Å². The van der Waals surface area contributed by atoms with E-state index in [-0.39, 0.29) is 23.7 Å². The van der Waals surface area contributed by atoms with Crippen LogP contribution in [0.1, 0.15) is 22.3 Å². The van der Waals surface area contributed by atoms with Gasteiger partial charge in [0.05, 0.1) is 31.5 Å². The number of carbonyl (C=O) groups excluding carboxylic acids is 1. The molecule has 38 heavy (non-hydrogen) atoms. The molecule has 0 aromatic heterocycles. The van der Waals surface area contributed by atoms with Gasteiger partial charge in [0.25, 0.3) is 0 Å². The molecule has 0 saturated heterocycles. The molecule has 0 bridgehead atoms. The van der Waals surface area contributed by atoms with Crippen molar-refractivity contribution >= 4 is 17.6 Å². The molecule has 11 heteroatoms. The number of carboxylic acid groups (broad SMARTS) is 1. The summed E-state index contributed by atoms with van der Waals surface area (Å²) in [6, 6.07) is 6.39. The Morgan fingerprint density at radius 3 is 2.71 bits per heavy atom. The van der Waals surface area contributed by atoms with Crippen molar-refractivity contribution in [3.05, 3.63) is 58.4 Å². The first kappa shape index (κ1) is 26.8. The first-order chi connectivity index (χ1) is 18.3. The third-order valence-corrected chi connectivity index (χ3v) is 6.49. The number of nitrogens with zero attached hydrogens (tertiary/aromatic N) is 3. The highest BCUT2D eigenvalue weighted by molar-refractivity contribution is 5.90. The lowest BCUT2D eigenvalue weighted by Gasteiger charge is -2.34. The lowest BCUT2D eigenvalue weighted by molar-refractivity contribution is -0.183. The molecule has 2 heterocycles. The second-order valence-corrected chi connectivity index (χ2v) is 8.78. The SMILES string of the molecule is COc1cc(OCCN2CCOc3cc4c(c(C)c32)CCN(OC(=O)/C=C/C(=O)O)CC4)c(F)cc1C#N. The molecule has 10 nitrogen and oxygen atoms in total. The van der Waals surface area contributed by atoms with Crippen LogP contribution in [0.5, 0.6) is 17.2 Å². The number of anilines is 1. The predicted molar refractivity (Wildman–Crippen MR) is 134 cm³/mol. The summed E-state index contributed by atoms with van der Waals surface area (Å²) >= 11 is 0. The van der Waals surface area contributed by atoms with Gasteiger partial charge in [0, 0.05) is 31.3 Å². The first-order valence-corrected chi connectivity index (χ1v) is 12.1. The molecule has 2 aromatic rings. The number of aliphatic carboxylic acids is 1. The topological polar surface area (TPSA) is 122 Å². The zero-order valence-corrected chi connectivity index (χ0v) is 21.2. The van der Waals surface area contributed by atoms with Crippen molar-refractivity contribution in [2.24, 2.45) is 0 Å². The van der Waals surface area contributed by atoms with E-state index in [0.29, 0.717) is 45.6 Å². The number of nitriles is 1. The lowest BCUT2D eigenvalue weighted by atomic mass is 9.94. The van der Waals surface area contributed by atoms with Crippen LogP contribution in [0.3, 0.4) is 0 Å². The van der Waals surface area contributed by atoms with Crippen molar-refractivity contribution in [3.63, 3.8) is 0 Å². The van der Waals surface area contributed by atoms with Crippen molar-refractivity contribution < 1.29 is 38.1 Å². The van der Waals surface area contributed by atoms with Crippen LogP contribution in [-0.2, 0) is 27.3 Å². The fourth-order valence-electron chi connectivity index (χ4n) is 4.71. The number of methoxy groups -OCH3 is 1. The quantitative estimate of drug-likeness (QED) is 0.515. The van der Waals surface area contributed by atoms with Crippen LogP contribution < -0.4 is 19.1 Å². The van der Waals surface area contributed by atoms with Gasteiger partial charge >= 0.3 is 11.9 Å². The van der Waals surface area contributed by atoms with Gasteiger partial charge in [-0.15, -0.1) is 5.06 Å². The van der Waals surface area contributed by atoms with Gasteiger partial charge in [0.2, 0.25) is 0 Å². The Labute approximate surface area is 219 Å². The summed E-state index contributed by atoms with van der Waals surface area (Å²) in [5.74, 6) is -1.57. The molecule has 2 aliphatic heterocycles. The number of carbonyl (C=O) groups is 2. The van der Waals surface area contributed by atoms with E-state index in [9.17, 15) is 14.0 Å². The normalized spacial score (nSPS) is 15.1. The predicted octanol–water partition coefficient (Wildman–Crippen LogP) is 2.79. The number of fused-ring (bicyclic) bond motifs is 2. The van der Waals surface area contributed by atoms with E-state index in [1.807, 2.05) is 19.1 Å². The molecule has 0 atom stereocenters. The Hall–Kier alpha value is -4.30. The molecule has 0 saturated carbocycles. The number of benzene rings is 2. The summed E-state index contributed by atoms with van der Waals surface area (Å²) < 4.78 is 31.2. The van der Waals surface area contributed by atoms with E-state index >= 15 is 0 Å². The van der Waals surface area contributed by atoms with Gasteiger partial charge in [-0.2, -0.15) is 5.26 Å². The fourth-order valence-corrected chi connectivity index (χ4v) is 4.71. The maximum Gasteiger partial charge on any atom is 0.349 e. The molecule has 200 valence electrons. The number of ether oxygens (including phenoxy) is 3. The average molecular weight is 526 g/mol. The van der Waals surface area contributed by atoms with Crippen LogP contribution in [0, 0.1) is 24.1 Å². The first-order valence-electron chi connectivity index (χ1n) is 12.1. The number of carboxylic acids is 1. The molecule has 0 aliphatic carbocycles. The monoisotopic (exact) mass is 525 g/mol. The standard InChI is InChI=1S/C27H28FN3O7/c1-17-20-6-8-31(38-26(34)4-3-25(32)33)7-5-18(20)14-24-27(17)30(10-12-37-24)9-11-36-23-15-22(35-2)19(16-29)13-21(23)28/h3-4,13-15H,5-12H2,1-2H3,(H,32,33)/b4-3+. The van der Waals surface area contributed by atoms with Crippen LogP contribution in [0.2, 0.25) is 0 Å². The highest BCUT2D eigenvalue weighted by Gasteiger charge is 2.27. The van der Waals surface area contributed by atoms with Gasteiger partial charge < -0.3 is 29.1 Å². The third kappa shape index (κ3) is 5.98. The zero-order chi connectivity index (χ0) is 27.2. The number of hydrogen-bond donors (Lipinski definition) is 1. The molecule has 0 amide bonds. The minimum atomic E-state index is -1.22. The van der Waals surface area contributed by atoms with E-state index in [0.717, 1.165) is 46.3 Å². The Morgan fingerprint density at radius 1 is 1.18 bits per heavy atom. The van der Waals surface area contributed by atoms with Crippen LogP contribution in [-0.4, -0.2) is 68.6 Å². The van der Waals surface area contributed by atoms with Crippen molar-refractivity contribution in [2.45, 2.75) is 19.8 Å². The summed E-state index contributed by atoms with van der Waals surface area (Å²) in [5, 5.41) is 19.4. The Morgan fingerprint density at radius 2 is 1.97 bits per heavy atom. The average Bonchev–Trinajstić information content (AvgIpc) is 3.10. The minimum Gasteiger partial charge on any atom is -0.495 e. The van der Waals surface area contributed by atoms with Crippen LogP contribution in [0.25, 0.3) is 0 Å². The van der Waals surface area contributed by atoms with E-state index in [2.05, 4.69) is 4.90 Å². The van der Waals surface area contributed by atoms with Gasteiger partial charge in [-0.05, 0) is 48.6 Å². The van der Waals surface area contributed by atoms with E-state index < -0.39 is 17.8 Å². The third-order valence-electron chi connectivity index (χ3n) is 6.49. The van der Waals surface area contributed by atoms with E-state index in [1.165, 1.54) is 13.2 Å². The largest absolute Gasteiger partial charge is 0.495 e. The molecular formula is C27H28FN3O7. The maximum atomic E-state index is 14.4. The molecule has 0 unspecified atom stereocenters. The highest BCUT2D eigenvalue weighted by atomic mass is 19.1. The molecule has 0 spiro atoms. The van der Waals surface area contributed by atoms with Crippen LogP contribution in [0.4, 0.5) is 10.1 Å². The molecule has 0 fully saturated rings. The van der Waals surface area contributed by atoms with E-state index in [1.54, 1.807) is 5.06 Å². The summed E-state index contributed by atoms with van der Waals surface area (Å²) in [7, 11) is 1.41. The lowest BCUT2D eigenvalue weighted by Crippen LogP contribution is -2.36. The fraction of sp³-hybridized carbons (Fsp3) is 0.370. The van der Waals surface area contributed by atoms with Crippen molar-refractivity contribution in [2.75, 3.05) is 51.4 Å². The number of rotatable bonds is 8. The Balaban J connectivity index is 1.45. The van der Waals surface area contributed by atoms with Gasteiger partial charge in [-0.1, -0.05) is 0 Å². The van der Waals surface area contributed by atoms with Gasteiger partial charge in [-0.25, -0.2) is 14.0 Å². The van der Waals surface area contributed by atoms with Crippen molar-refractivity contribution in [1.29, 1.82) is 5.26 Å². The zero-order valence-electron chi connectivity index (χ0n) is 21.2. The Kier molecular flexibility index (Phi) is 8.33. The summed E-state index contributed by atoms with van der Waals surface area (Å²) in [5.41, 5.74) is 4.35. The molecule has 2 aliphatic rings. The van der Waals surface area contributed by atoms with Gasteiger partial charge in [-0.3, -0.25) is 0 Å². The second-order valence-electron chi connectivity index (χ2n) is 8.78. The van der Waals surface area contributed by atoms with E-state index in [4.69, 9.17) is 29.4 Å².